The monoisotopic (exact) mass is 244 g/mol. The molecule has 0 saturated carbocycles. The third kappa shape index (κ3) is 5.17. The van der Waals surface area contributed by atoms with Crippen LogP contribution in [0.5, 0.6) is 0 Å². The average Bonchev–Trinajstić information content (AvgIpc) is 2.30. The van der Waals surface area contributed by atoms with Gasteiger partial charge in [-0.15, -0.1) is 0 Å². The van der Waals surface area contributed by atoms with Crippen LogP contribution in [-0.4, -0.2) is 48.6 Å². The Hall–Kier alpha value is -1.10. The topological polar surface area (TPSA) is 58.6 Å². The first-order valence-electron chi connectivity index (χ1n) is 6.19. The standard InChI is InChI=1S/C12H24N2O3/c1-6-14(7-2)11(15)9(4)13-10(5)12(16)17-8-3/h9-10,13H,6-8H2,1-5H3. The molecule has 0 aliphatic carbocycles. The molecule has 17 heavy (non-hydrogen) atoms. The van der Waals surface area contributed by atoms with Crippen LogP contribution in [0.2, 0.25) is 0 Å². The second kappa shape index (κ2) is 8.06. The summed E-state index contributed by atoms with van der Waals surface area (Å²) in [5, 5.41) is 2.95. The van der Waals surface area contributed by atoms with E-state index in [-0.39, 0.29) is 17.9 Å². The summed E-state index contributed by atoms with van der Waals surface area (Å²) >= 11 is 0. The van der Waals surface area contributed by atoms with Gasteiger partial charge in [-0.1, -0.05) is 0 Å². The second-order valence-corrected chi connectivity index (χ2v) is 3.87. The Morgan fingerprint density at radius 1 is 1.12 bits per heavy atom. The van der Waals surface area contributed by atoms with E-state index in [1.807, 2.05) is 13.8 Å². The van der Waals surface area contributed by atoms with Crippen molar-refractivity contribution in [2.24, 2.45) is 0 Å². The summed E-state index contributed by atoms with van der Waals surface area (Å²) in [4.78, 5) is 25.1. The Kier molecular flexibility index (Phi) is 7.54. The molecular weight excluding hydrogens is 220 g/mol. The zero-order chi connectivity index (χ0) is 13.4. The Morgan fingerprint density at radius 3 is 2.06 bits per heavy atom. The third-order valence-corrected chi connectivity index (χ3v) is 2.59. The van der Waals surface area contributed by atoms with Crippen molar-refractivity contribution in [2.45, 2.75) is 46.7 Å². The largest absolute Gasteiger partial charge is 0.465 e. The fourth-order valence-corrected chi connectivity index (χ4v) is 1.59. The van der Waals surface area contributed by atoms with Gasteiger partial charge in [0.25, 0.3) is 0 Å². The second-order valence-electron chi connectivity index (χ2n) is 3.87. The number of nitrogens with one attached hydrogen (secondary N) is 1. The Morgan fingerprint density at radius 2 is 1.65 bits per heavy atom. The van der Waals surface area contributed by atoms with E-state index in [0.717, 1.165) is 0 Å². The van der Waals surface area contributed by atoms with E-state index in [2.05, 4.69) is 5.32 Å². The van der Waals surface area contributed by atoms with Gasteiger partial charge in [0.05, 0.1) is 12.6 Å². The molecule has 1 N–H and O–H groups in total. The van der Waals surface area contributed by atoms with E-state index in [0.29, 0.717) is 19.7 Å². The van der Waals surface area contributed by atoms with Gasteiger partial charge < -0.3 is 9.64 Å². The normalized spacial score (nSPS) is 13.9. The minimum Gasteiger partial charge on any atom is -0.465 e. The fraction of sp³-hybridized carbons (Fsp3) is 0.833. The Balaban J connectivity index is 4.28. The van der Waals surface area contributed by atoms with Crippen LogP contribution in [0.3, 0.4) is 0 Å². The number of ether oxygens (including phenoxy) is 1. The molecule has 0 spiro atoms. The van der Waals surface area contributed by atoms with E-state index >= 15 is 0 Å². The van der Waals surface area contributed by atoms with E-state index in [9.17, 15) is 9.59 Å². The van der Waals surface area contributed by atoms with E-state index < -0.39 is 6.04 Å². The van der Waals surface area contributed by atoms with Gasteiger partial charge in [0.2, 0.25) is 5.91 Å². The zero-order valence-electron chi connectivity index (χ0n) is 11.4. The molecule has 2 unspecified atom stereocenters. The number of nitrogens with zero attached hydrogens (tertiary/aromatic N) is 1. The van der Waals surface area contributed by atoms with Crippen LogP contribution in [0.25, 0.3) is 0 Å². The number of rotatable bonds is 7. The average molecular weight is 244 g/mol. The summed E-state index contributed by atoms with van der Waals surface area (Å²) in [6, 6.07) is -0.848. The van der Waals surface area contributed by atoms with Crippen LogP contribution >= 0.6 is 0 Å². The van der Waals surface area contributed by atoms with Gasteiger partial charge in [0.15, 0.2) is 0 Å². The SMILES string of the molecule is CCOC(=O)C(C)NC(C)C(=O)N(CC)CC. The van der Waals surface area contributed by atoms with Crippen molar-refractivity contribution in [1.29, 1.82) is 0 Å². The number of likely N-dealkylation sites (N-methyl/N-ethyl adjacent to an activating group) is 1. The molecule has 0 fully saturated rings. The summed E-state index contributed by atoms with van der Waals surface area (Å²) < 4.78 is 4.87. The van der Waals surface area contributed by atoms with Gasteiger partial charge in [-0.3, -0.25) is 14.9 Å². The molecule has 0 aliphatic rings. The first kappa shape index (κ1) is 15.9. The minimum atomic E-state index is -0.468. The molecule has 0 bridgehead atoms. The first-order valence-corrected chi connectivity index (χ1v) is 6.19. The number of esters is 1. The minimum absolute atomic E-state index is 0.00569. The summed E-state index contributed by atoms with van der Waals surface area (Å²) in [5.41, 5.74) is 0. The molecule has 1 amide bonds. The van der Waals surface area contributed by atoms with Crippen molar-refractivity contribution in [3.8, 4) is 0 Å². The van der Waals surface area contributed by atoms with Crippen LogP contribution in [-0.2, 0) is 14.3 Å². The lowest BCUT2D eigenvalue weighted by molar-refractivity contribution is -0.145. The van der Waals surface area contributed by atoms with Crippen LogP contribution in [0.1, 0.15) is 34.6 Å². The van der Waals surface area contributed by atoms with Crippen LogP contribution in [0, 0.1) is 0 Å². The molecule has 0 aliphatic heterocycles. The number of hydrogen-bond donors (Lipinski definition) is 1. The number of hydrogen-bond acceptors (Lipinski definition) is 4. The maximum atomic E-state index is 11.9. The van der Waals surface area contributed by atoms with Gasteiger partial charge in [-0.05, 0) is 34.6 Å². The maximum absolute atomic E-state index is 11.9. The highest BCUT2D eigenvalue weighted by molar-refractivity contribution is 5.83. The first-order chi connectivity index (χ1) is 7.97. The van der Waals surface area contributed by atoms with Crippen molar-refractivity contribution < 1.29 is 14.3 Å². The van der Waals surface area contributed by atoms with Gasteiger partial charge in [0.1, 0.15) is 6.04 Å². The highest BCUT2D eigenvalue weighted by Crippen LogP contribution is 1.97. The van der Waals surface area contributed by atoms with Crippen LogP contribution in [0.4, 0.5) is 0 Å². The van der Waals surface area contributed by atoms with Gasteiger partial charge in [0, 0.05) is 13.1 Å². The highest BCUT2D eigenvalue weighted by Gasteiger charge is 2.23. The van der Waals surface area contributed by atoms with Gasteiger partial charge in [-0.25, -0.2) is 0 Å². The van der Waals surface area contributed by atoms with Crippen molar-refractivity contribution in [3.05, 3.63) is 0 Å². The van der Waals surface area contributed by atoms with Crippen molar-refractivity contribution in [2.75, 3.05) is 19.7 Å². The smallest absolute Gasteiger partial charge is 0.322 e. The number of amides is 1. The van der Waals surface area contributed by atoms with E-state index in [4.69, 9.17) is 4.74 Å². The molecule has 0 radical (unpaired) electrons. The summed E-state index contributed by atoms with van der Waals surface area (Å²) in [7, 11) is 0. The summed E-state index contributed by atoms with van der Waals surface area (Å²) in [6.07, 6.45) is 0. The van der Waals surface area contributed by atoms with Crippen molar-refractivity contribution in [3.63, 3.8) is 0 Å². The van der Waals surface area contributed by atoms with E-state index in [1.54, 1.807) is 25.7 Å². The Labute approximate surface area is 103 Å². The van der Waals surface area contributed by atoms with Gasteiger partial charge >= 0.3 is 5.97 Å². The van der Waals surface area contributed by atoms with Crippen molar-refractivity contribution >= 4 is 11.9 Å². The molecule has 5 nitrogen and oxygen atoms in total. The Bertz CT molecular complexity index is 252. The fourth-order valence-electron chi connectivity index (χ4n) is 1.59. The molecule has 0 aromatic heterocycles. The third-order valence-electron chi connectivity index (χ3n) is 2.59. The highest BCUT2D eigenvalue weighted by atomic mass is 16.5. The number of carbonyl (C=O) groups excluding carboxylic acids is 2. The number of carbonyl (C=O) groups is 2. The summed E-state index contributed by atoms with van der Waals surface area (Å²) in [5.74, 6) is -0.321. The quantitative estimate of drug-likeness (QED) is 0.673. The van der Waals surface area contributed by atoms with Crippen LogP contribution < -0.4 is 5.32 Å². The molecule has 0 rings (SSSR count). The molecule has 100 valence electrons. The van der Waals surface area contributed by atoms with Gasteiger partial charge in [-0.2, -0.15) is 0 Å². The lowest BCUT2D eigenvalue weighted by Gasteiger charge is -2.25. The molecule has 0 saturated heterocycles. The molecule has 0 aromatic carbocycles. The molecule has 5 heteroatoms. The zero-order valence-corrected chi connectivity index (χ0v) is 11.4. The lowest BCUT2D eigenvalue weighted by atomic mass is 10.2. The van der Waals surface area contributed by atoms with Crippen LogP contribution in [0.15, 0.2) is 0 Å². The lowest BCUT2D eigenvalue weighted by Crippen LogP contribution is -2.50. The predicted molar refractivity (Wildman–Crippen MR) is 66.6 cm³/mol. The molecule has 0 aromatic rings. The molecular formula is C12H24N2O3. The van der Waals surface area contributed by atoms with Crippen molar-refractivity contribution in [1.82, 2.24) is 10.2 Å². The molecule has 0 heterocycles. The van der Waals surface area contributed by atoms with E-state index in [1.165, 1.54) is 0 Å². The maximum Gasteiger partial charge on any atom is 0.322 e. The summed E-state index contributed by atoms with van der Waals surface area (Å²) in [6.45, 7) is 10.8. The predicted octanol–water partition coefficient (Wildman–Crippen LogP) is 0.785. The molecule has 2 atom stereocenters.